The molecule has 0 aliphatic carbocycles. The van der Waals surface area contributed by atoms with E-state index in [2.05, 4.69) is 74.5 Å². The van der Waals surface area contributed by atoms with Crippen molar-refractivity contribution < 1.29 is 9.53 Å². The minimum atomic E-state index is -2.53. The van der Waals surface area contributed by atoms with Gasteiger partial charge < -0.3 is 9.53 Å². The molecule has 36 heavy (non-hydrogen) atoms. The van der Waals surface area contributed by atoms with Gasteiger partial charge >= 0.3 is 8.32 Å². The summed E-state index contributed by atoms with van der Waals surface area (Å²) in [5.74, 6) is 1.34. The van der Waals surface area contributed by atoms with Gasteiger partial charge in [-0.2, -0.15) is 0 Å². The van der Waals surface area contributed by atoms with Crippen LogP contribution in [-0.2, 0) is 6.42 Å². The lowest BCUT2D eigenvalue weighted by molar-refractivity contribution is 0.164. The number of aliphatic hydroxyl groups excluding tert-OH is 1. The number of hydrogen-bond donors (Lipinski definition) is 1. The number of aryl methyl sites for hydroxylation is 1. The van der Waals surface area contributed by atoms with E-state index in [1.165, 1.54) is 15.9 Å². The van der Waals surface area contributed by atoms with Crippen LogP contribution in [0.15, 0.2) is 109 Å². The van der Waals surface area contributed by atoms with Crippen molar-refractivity contribution >= 4 is 30.3 Å². The molecule has 0 heterocycles. The van der Waals surface area contributed by atoms with Crippen LogP contribution in [0.4, 0.5) is 0 Å². The Kier molecular flexibility index (Phi) is 9.03. The lowest BCUT2D eigenvalue weighted by Gasteiger charge is -2.34. The van der Waals surface area contributed by atoms with Crippen molar-refractivity contribution in [2.75, 3.05) is 0 Å². The molecule has 0 bridgehead atoms. The molecule has 0 aliphatic rings. The SMILES string of the molecule is CC(C)C[Si](Oc1ccc(C(O)CCCc2ccc(Cl)cc2)cc1)(c1ccccc1)c1ccccc1. The summed E-state index contributed by atoms with van der Waals surface area (Å²) < 4.78 is 7.01. The van der Waals surface area contributed by atoms with Gasteiger partial charge in [0.2, 0.25) is 0 Å². The Balaban J connectivity index is 1.51. The van der Waals surface area contributed by atoms with Crippen LogP contribution in [-0.4, -0.2) is 13.4 Å². The fourth-order valence-corrected chi connectivity index (χ4v) is 9.23. The number of rotatable bonds is 11. The first-order valence-electron chi connectivity index (χ1n) is 12.8. The van der Waals surface area contributed by atoms with Crippen molar-refractivity contribution in [3.8, 4) is 5.75 Å². The highest BCUT2D eigenvalue weighted by Crippen LogP contribution is 2.26. The van der Waals surface area contributed by atoms with Crippen LogP contribution < -0.4 is 14.8 Å². The van der Waals surface area contributed by atoms with Crippen LogP contribution in [0.2, 0.25) is 11.1 Å². The summed E-state index contributed by atoms with van der Waals surface area (Å²) in [5, 5.41) is 14.1. The van der Waals surface area contributed by atoms with Crippen molar-refractivity contribution in [2.45, 2.75) is 45.3 Å². The van der Waals surface area contributed by atoms with E-state index in [0.29, 0.717) is 12.3 Å². The second kappa shape index (κ2) is 12.4. The molecule has 4 aromatic carbocycles. The molecule has 0 aromatic heterocycles. The highest BCUT2D eigenvalue weighted by Gasteiger charge is 2.42. The standard InChI is InChI=1S/C32H35ClO2Si/c1-25(2)24-36(30-11-5-3-6-12-30,31-13-7-4-8-14-31)35-29-22-18-27(19-23-29)32(34)15-9-10-26-16-20-28(33)21-17-26/h3-8,11-14,16-23,25,32,34H,9-10,15,24H2,1-2H3. The summed E-state index contributed by atoms with van der Waals surface area (Å²) in [6.45, 7) is 4.53. The highest BCUT2D eigenvalue weighted by atomic mass is 35.5. The van der Waals surface area contributed by atoms with Crippen LogP contribution in [0, 0.1) is 5.92 Å². The van der Waals surface area contributed by atoms with Crippen molar-refractivity contribution in [3.05, 3.63) is 125 Å². The average molecular weight is 515 g/mol. The number of aliphatic hydroxyl groups is 1. The second-order valence-electron chi connectivity index (χ2n) is 9.86. The van der Waals surface area contributed by atoms with Gasteiger partial charge in [-0.1, -0.05) is 110 Å². The minimum absolute atomic E-state index is 0.485. The lowest BCUT2D eigenvalue weighted by atomic mass is 10.0. The predicted molar refractivity (Wildman–Crippen MR) is 154 cm³/mol. The normalized spacial score (nSPS) is 12.5. The first-order chi connectivity index (χ1) is 17.5. The first-order valence-corrected chi connectivity index (χ1v) is 15.3. The van der Waals surface area contributed by atoms with Crippen molar-refractivity contribution in [2.24, 2.45) is 5.92 Å². The summed E-state index contributed by atoms with van der Waals surface area (Å²) in [4.78, 5) is 0. The van der Waals surface area contributed by atoms with Gasteiger partial charge in [0.25, 0.3) is 0 Å². The third-order valence-corrected chi connectivity index (χ3v) is 11.3. The monoisotopic (exact) mass is 514 g/mol. The van der Waals surface area contributed by atoms with E-state index in [0.717, 1.165) is 35.2 Å². The fraction of sp³-hybridized carbons (Fsp3) is 0.250. The van der Waals surface area contributed by atoms with E-state index in [-0.39, 0.29) is 0 Å². The maximum Gasteiger partial charge on any atom is 0.314 e. The molecule has 4 heteroatoms. The van der Waals surface area contributed by atoms with Crippen molar-refractivity contribution in [1.82, 2.24) is 0 Å². The molecule has 186 valence electrons. The van der Waals surface area contributed by atoms with Gasteiger partial charge in [0, 0.05) is 5.02 Å². The maximum absolute atomic E-state index is 10.8. The smallest absolute Gasteiger partial charge is 0.314 e. The maximum atomic E-state index is 10.8. The van der Waals surface area contributed by atoms with E-state index in [1.807, 2.05) is 48.5 Å². The van der Waals surface area contributed by atoms with E-state index >= 15 is 0 Å². The molecule has 0 amide bonds. The third-order valence-electron chi connectivity index (χ3n) is 6.59. The Morgan fingerprint density at radius 2 is 1.31 bits per heavy atom. The Labute approximate surface area is 221 Å². The Morgan fingerprint density at radius 3 is 1.83 bits per heavy atom. The lowest BCUT2D eigenvalue weighted by Crippen LogP contribution is -2.63. The van der Waals surface area contributed by atoms with E-state index in [1.54, 1.807) is 0 Å². The largest absolute Gasteiger partial charge is 0.535 e. The molecule has 0 fully saturated rings. The Bertz CT molecular complexity index is 1150. The Hall–Kier alpha value is -2.85. The van der Waals surface area contributed by atoms with Crippen LogP contribution >= 0.6 is 11.6 Å². The fourth-order valence-electron chi connectivity index (χ4n) is 4.83. The highest BCUT2D eigenvalue weighted by molar-refractivity contribution is 6.98. The summed E-state index contributed by atoms with van der Waals surface area (Å²) in [6.07, 6.45) is 2.05. The second-order valence-corrected chi connectivity index (χ2v) is 13.7. The topological polar surface area (TPSA) is 29.5 Å². The van der Waals surface area contributed by atoms with Crippen LogP contribution in [0.5, 0.6) is 5.75 Å². The number of benzene rings is 4. The summed E-state index contributed by atoms with van der Waals surface area (Å²) in [5.41, 5.74) is 2.16. The molecule has 1 atom stereocenters. The molecule has 1 N–H and O–H groups in total. The van der Waals surface area contributed by atoms with Crippen molar-refractivity contribution in [3.63, 3.8) is 0 Å². The van der Waals surface area contributed by atoms with Gasteiger partial charge in [0.1, 0.15) is 5.75 Å². The first kappa shape index (κ1) is 26.2. The molecule has 1 unspecified atom stereocenters. The molecule has 0 radical (unpaired) electrons. The molecule has 0 saturated heterocycles. The molecule has 4 aromatic rings. The zero-order chi connectivity index (χ0) is 25.4. The molecule has 0 saturated carbocycles. The molecule has 0 spiro atoms. The third kappa shape index (κ3) is 6.67. The molecule has 4 rings (SSSR count). The zero-order valence-electron chi connectivity index (χ0n) is 21.1. The van der Waals surface area contributed by atoms with Gasteiger partial charge in [-0.25, -0.2) is 0 Å². The van der Waals surface area contributed by atoms with Gasteiger partial charge in [-0.3, -0.25) is 0 Å². The van der Waals surface area contributed by atoms with Crippen LogP contribution in [0.1, 0.15) is 43.9 Å². The number of hydrogen-bond acceptors (Lipinski definition) is 2. The quantitative estimate of drug-likeness (QED) is 0.214. The molecular weight excluding hydrogens is 480 g/mol. The summed E-state index contributed by atoms with van der Waals surface area (Å²) in [6, 6.07) is 38.3. The Morgan fingerprint density at radius 1 is 0.750 bits per heavy atom. The van der Waals surface area contributed by atoms with Gasteiger partial charge in [-0.05, 0) is 77.0 Å². The van der Waals surface area contributed by atoms with Crippen LogP contribution in [0.25, 0.3) is 0 Å². The summed E-state index contributed by atoms with van der Waals surface area (Å²) in [7, 11) is -2.53. The zero-order valence-corrected chi connectivity index (χ0v) is 22.9. The van der Waals surface area contributed by atoms with E-state index < -0.39 is 14.4 Å². The minimum Gasteiger partial charge on any atom is -0.535 e. The van der Waals surface area contributed by atoms with E-state index in [4.69, 9.17) is 16.0 Å². The van der Waals surface area contributed by atoms with Gasteiger partial charge in [0.15, 0.2) is 0 Å². The van der Waals surface area contributed by atoms with Gasteiger partial charge in [-0.15, -0.1) is 0 Å². The number of halogens is 1. The van der Waals surface area contributed by atoms with Crippen molar-refractivity contribution in [1.29, 1.82) is 0 Å². The molecular formula is C32H35ClO2Si. The van der Waals surface area contributed by atoms with Crippen LogP contribution in [0.3, 0.4) is 0 Å². The summed E-state index contributed by atoms with van der Waals surface area (Å²) >= 11 is 5.98. The van der Waals surface area contributed by atoms with Gasteiger partial charge in [0.05, 0.1) is 6.10 Å². The van der Waals surface area contributed by atoms with E-state index in [9.17, 15) is 5.11 Å². The average Bonchev–Trinajstić information content (AvgIpc) is 2.90. The molecule has 0 aliphatic heterocycles. The molecule has 2 nitrogen and oxygen atoms in total. The predicted octanol–water partition coefficient (Wildman–Crippen LogP) is 7.19.